The van der Waals surface area contributed by atoms with Crippen LogP contribution in [0.1, 0.15) is 48.2 Å². The number of ether oxygens (including phenoxy) is 1. The molecular weight excluding hydrogens is 841 g/mol. The normalized spacial score (nSPS) is 16.3. The van der Waals surface area contributed by atoms with Crippen molar-refractivity contribution in [1.29, 1.82) is 0 Å². The summed E-state index contributed by atoms with van der Waals surface area (Å²) in [6.07, 6.45) is 14.5. The van der Waals surface area contributed by atoms with Crippen LogP contribution in [0.3, 0.4) is 0 Å². The van der Waals surface area contributed by atoms with E-state index >= 15 is 0 Å². The van der Waals surface area contributed by atoms with Gasteiger partial charge in [-0.05, 0) is 131 Å². The summed E-state index contributed by atoms with van der Waals surface area (Å²) >= 11 is 0. The summed E-state index contributed by atoms with van der Waals surface area (Å²) < 4.78 is 5.05. The molecule has 2 saturated heterocycles. The highest BCUT2D eigenvalue weighted by molar-refractivity contribution is 6.04. The van der Waals surface area contributed by atoms with Gasteiger partial charge >= 0.3 is 12.1 Å². The number of hydrogen-bond donors (Lipinski definition) is 3. The zero-order valence-electron chi connectivity index (χ0n) is 38.2. The van der Waals surface area contributed by atoms with Crippen molar-refractivity contribution in [3.05, 3.63) is 151 Å². The second kappa shape index (κ2) is 20.1. The molecule has 0 radical (unpaired) electrons. The molecule has 7 aromatic rings. The Morgan fingerprint density at radius 2 is 1.40 bits per heavy atom. The van der Waals surface area contributed by atoms with Gasteiger partial charge in [-0.15, -0.1) is 0 Å². The van der Waals surface area contributed by atoms with Gasteiger partial charge < -0.3 is 25.2 Å². The number of fused-ring (bicyclic) bond motifs is 8. The first kappa shape index (κ1) is 44.3. The number of urea groups is 1. The van der Waals surface area contributed by atoms with Crippen molar-refractivity contribution in [2.24, 2.45) is 0 Å². The van der Waals surface area contributed by atoms with Crippen molar-refractivity contribution in [1.82, 2.24) is 24.9 Å². The first-order valence-electron chi connectivity index (χ1n) is 22.8. The molecule has 0 spiro atoms. The summed E-state index contributed by atoms with van der Waals surface area (Å²) in [7, 11) is 0. The first-order chi connectivity index (χ1) is 32.6. The Balaban J connectivity index is 0.000000133. The number of carbonyl (C=O) groups is 2. The van der Waals surface area contributed by atoms with Gasteiger partial charge in [-0.2, -0.15) is 0 Å². The van der Waals surface area contributed by atoms with Crippen molar-refractivity contribution in [3.8, 4) is 28.3 Å². The summed E-state index contributed by atoms with van der Waals surface area (Å²) in [6.45, 7) is 12.3. The Labute approximate surface area is 390 Å². The highest BCUT2D eigenvalue weighted by Crippen LogP contribution is 2.41. The largest absolute Gasteiger partial charge is 0.417 e. The number of benzene rings is 1. The second-order valence-electron chi connectivity index (χ2n) is 17.2. The lowest BCUT2D eigenvalue weighted by molar-refractivity contribution is -0.377. The van der Waals surface area contributed by atoms with Crippen LogP contribution in [0.5, 0.6) is 5.75 Å². The van der Waals surface area contributed by atoms with Gasteiger partial charge in [0.25, 0.3) is 0 Å². The van der Waals surface area contributed by atoms with Gasteiger partial charge in [0.2, 0.25) is 0 Å². The number of aromatic nitrogens is 6. The van der Waals surface area contributed by atoms with E-state index in [4.69, 9.17) is 14.7 Å². The van der Waals surface area contributed by atoms with Crippen LogP contribution in [-0.2, 0) is 0 Å². The van der Waals surface area contributed by atoms with E-state index in [9.17, 15) is 9.59 Å². The summed E-state index contributed by atoms with van der Waals surface area (Å²) in [5.74, 6) is 2.28. The van der Waals surface area contributed by atoms with Crippen molar-refractivity contribution in [2.75, 3.05) is 56.8 Å². The molecule has 0 saturated carbocycles. The van der Waals surface area contributed by atoms with E-state index in [2.05, 4.69) is 77.7 Å². The fourth-order valence-corrected chi connectivity index (χ4v) is 9.07. The minimum absolute atomic E-state index is 0.102. The third-order valence-corrected chi connectivity index (χ3v) is 12.2. The predicted octanol–water partition coefficient (Wildman–Crippen LogP) is 9.44. The average Bonchev–Trinajstić information content (AvgIpc) is 3.33. The molecule has 4 aliphatic heterocycles. The maximum absolute atomic E-state index is 13.3. The van der Waals surface area contributed by atoms with Crippen molar-refractivity contribution in [2.45, 2.75) is 65.5 Å². The number of hydrogen-bond acceptors (Lipinski definition) is 11. The monoisotopic (exact) mass is 895 g/mol. The van der Waals surface area contributed by atoms with E-state index in [1.807, 2.05) is 61.3 Å². The summed E-state index contributed by atoms with van der Waals surface area (Å²) in [6, 6.07) is 29.2. The van der Waals surface area contributed by atoms with Gasteiger partial charge in [0, 0.05) is 79.4 Å². The molecule has 10 heterocycles. The van der Waals surface area contributed by atoms with Gasteiger partial charge in [0.1, 0.15) is 11.4 Å². The first-order valence-corrected chi connectivity index (χ1v) is 22.8. The standard InChI is InChI=1S/C23H24N6O.C17H20N4.C12H10N2O2/c1-15-11-20-22(27-21(15)17-7-9-25-16(2)12-17)29(19-6-4-10-28(20)14-19)23(30)26-18-5-3-8-24-13-18;1-11-8-15-17(19-14-4-3-7-21(15)10-14)20-16(11)13-5-6-18-12(2)9-13;15-12(14-10-5-4-8-13-9-10)16-11-6-2-1-3-7-11/h3,5,7-9,11-13,19H,4,6,10,14H2,1-2H3,(H,26,30);5-6,8-9,14H,3-4,7,10H2,1-2H3,(H,19,20);1-9H,(H,14,15)/p+1/t19-;14-;/m00./s1. The molecule has 11 rings (SSSR count). The molecule has 3 amide bonds. The minimum atomic E-state index is -0.509. The Morgan fingerprint density at radius 3 is 2.09 bits per heavy atom. The van der Waals surface area contributed by atoms with Crippen LogP contribution in [0.4, 0.5) is 44.0 Å². The zero-order chi connectivity index (χ0) is 46.3. The lowest BCUT2D eigenvalue weighted by Gasteiger charge is -2.46. The molecule has 4 aliphatic rings. The number of rotatable bonds is 5. The molecule has 1 aromatic carbocycles. The molecule has 0 aliphatic carbocycles. The Hall–Kier alpha value is -7.94. The van der Waals surface area contributed by atoms with Gasteiger partial charge in [0.15, 0.2) is 24.0 Å². The van der Waals surface area contributed by atoms with Gasteiger partial charge in [0.05, 0.1) is 40.7 Å². The number of piperidine rings is 2. The number of H-pyrrole nitrogens is 1. The summed E-state index contributed by atoms with van der Waals surface area (Å²) in [5, 5.41) is 9.20. The maximum atomic E-state index is 13.3. The van der Waals surface area contributed by atoms with E-state index in [1.165, 1.54) is 24.1 Å². The summed E-state index contributed by atoms with van der Waals surface area (Å²) in [4.78, 5) is 56.9. The van der Waals surface area contributed by atoms with Crippen molar-refractivity contribution in [3.63, 3.8) is 0 Å². The van der Waals surface area contributed by atoms with Crippen LogP contribution in [-0.4, -0.2) is 75.3 Å². The maximum Gasteiger partial charge on any atom is 0.417 e. The molecule has 2 fully saturated rings. The number of amides is 3. The molecule has 340 valence electrons. The van der Waals surface area contributed by atoms with Crippen LogP contribution in [0, 0.1) is 27.7 Å². The van der Waals surface area contributed by atoms with Crippen LogP contribution >= 0.6 is 0 Å². The number of anilines is 6. The molecule has 15 nitrogen and oxygen atoms in total. The molecule has 2 atom stereocenters. The number of nitrogens with one attached hydrogen (secondary N) is 4. The number of aryl methyl sites for hydroxylation is 4. The minimum Gasteiger partial charge on any atom is -0.410 e. The number of para-hydroxylation sites is 1. The van der Waals surface area contributed by atoms with E-state index in [1.54, 1.807) is 67.4 Å². The molecule has 6 aromatic heterocycles. The van der Waals surface area contributed by atoms with Crippen LogP contribution in [0.25, 0.3) is 22.5 Å². The van der Waals surface area contributed by atoms with E-state index in [0.29, 0.717) is 23.2 Å². The number of pyridine rings is 6. The fourth-order valence-electron chi connectivity index (χ4n) is 9.07. The molecule has 0 unspecified atom stereocenters. The van der Waals surface area contributed by atoms with Crippen molar-refractivity contribution < 1.29 is 19.3 Å². The molecular formula is C52H55N12O3+. The van der Waals surface area contributed by atoms with Gasteiger partial charge in [-0.1, -0.05) is 18.2 Å². The molecule has 4 bridgehead atoms. The van der Waals surface area contributed by atoms with Gasteiger partial charge in [-0.25, -0.2) is 24.5 Å². The fraction of sp³-hybridized carbons (Fsp3) is 0.269. The smallest absolute Gasteiger partial charge is 0.410 e. The number of nitrogens with zero attached hydrogens (tertiary/aromatic N) is 8. The van der Waals surface area contributed by atoms with Crippen molar-refractivity contribution >= 4 is 46.5 Å². The van der Waals surface area contributed by atoms with Gasteiger partial charge in [-0.3, -0.25) is 25.2 Å². The second-order valence-corrected chi connectivity index (χ2v) is 17.2. The Morgan fingerprint density at radius 1 is 0.716 bits per heavy atom. The Kier molecular flexibility index (Phi) is 13.3. The topological polar surface area (TPSA) is 168 Å². The third-order valence-electron chi connectivity index (χ3n) is 12.2. The highest BCUT2D eigenvalue weighted by atomic mass is 16.6. The van der Waals surface area contributed by atoms with E-state index < -0.39 is 6.09 Å². The Bertz CT molecular complexity index is 2810. The average molecular weight is 896 g/mol. The van der Waals surface area contributed by atoms with E-state index in [-0.39, 0.29) is 12.1 Å². The highest BCUT2D eigenvalue weighted by Gasteiger charge is 2.39. The molecule has 67 heavy (non-hydrogen) atoms. The lowest BCUT2D eigenvalue weighted by Crippen LogP contribution is -2.56. The third kappa shape index (κ3) is 10.5. The molecule has 15 heteroatoms. The quantitative estimate of drug-likeness (QED) is 0.151. The number of carbonyl (C=O) groups excluding carboxylic acids is 2. The van der Waals surface area contributed by atoms with Crippen LogP contribution in [0.2, 0.25) is 0 Å². The lowest BCUT2D eigenvalue weighted by atomic mass is 9.98. The van der Waals surface area contributed by atoms with E-state index in [0.717, 1.165) is 95.8 Å². The number of aromatic amines is 1. The predicted molar refractivity (Wildman–Crippen MR) is 263 cm³/mol. The van der Waals surface area contributed by atoms with Crippen LogP contribution < -0.4 is 40.4 Å². The zero-order valence-corrected chi connectivity index (χ0v) is 38.2. The summed E-state index contributed by atoms with van der Waals surface area (Å²) in [5.41, 5.74) is 12.0. The SMILES string of the molecule is Cc1cc(-c2nc3c(cc2C)N2CCC[C@@H](C2)N3)ccn1.Cc1cc(-c2nc3c(cc2C)N2CCC[C@@H](C2)N3C(=O)Nc2cccnc2)ccn1.O=C(Nc1ccc[nH+]c1)Oc1ccccc1. The van der Waals surface area contributed by atoms with Crippen LogP contribution in [0.15, 0.2) is 128 Å². The molecule has 4 N–H and O–H groups in total.